The second-order valence-corrected chi connectivity index (χ2v) is 4.64. The van der Waals surface area contributed by atoms with Crippen LogP contribution in [0.3, 0.4) is 0 Å². The molecule has 0 radical (unpaired) electrons. The third-order valence-corrected chi connectivity index (χ3v) is 3.46. The molecule has 3 N–H and O–H groups in total. The lowest BCUT2D eigenvalue weighted by Gasteiger charge is -2.32. The molecule has 1 atom stereocenters. The van der Waals surface area contributed by atoms with E-state index in [-0.39, 0.29) is 5.92 Å². The Kier molecular flexibility index (Phi) is 2.86. The Morgan fingerprint density at radius 3 is 2.69 bits per heavy atom. The number of nitrogens with two attached hydrogens (primary N) is 1. The van der Waals surface area contributed by atoms with E-state index in [9.17, 15) is 9.90 Å². The molecule has 1 aliphatic rings. The first-order valence-electron chi connectivity index (χ1n) is 5.68. The van der Waals surface area contributed by atoms with Crippen molar-refractivity contribution >= 4 is 11.7 Å². The molecule has 1 unspecified atom stereocenters. The molecular weight excluding hydrogens is 202 g/mol. The lowest BCUT2D eigenvalue weighted by atomic mass is 9.72. The van der Waals surface area contributed by atoms with Gasteiger partial charge in [-0.1, -0.05) is 24.1 Å². The molecular formula is C13H17NO2. The number of hydrogen-bond acceptors (Lipinski definition) is 2. The molecule has 1 aromatic rings. The van der Waals surface area contributed by atoms with Crippen molar-refractivity contribution in [3.8, 4) is 0 Å². The van der Waals surface area contributed by atoms with Crippen LogP contribution >= 0.6 is 0 Å². The van der Waals surface area contributed by atoms with Crippen LogP contribution in [0.4, 0.5) is 5.69 Å². The van der Waals surface area contributed by atoms with Gasteiger partial charge in [0.05, 0.1) is 5.92 Å². The molecule has 1 aromatic carbocycles. The SMILES string of the molecule is Cc1ccc(N)c(C(C(=O)O)C2CCC2)c1. The Bertz CT molecular complexity index is 410. The predicted octanol–water partition coefficient (Wildman–Crippen LogP) is 2.55. The van der Waals surface area contributed by atoms with Gasteiger partial charge in [-0.05, 0) is 37.3 Å². The third kappa shape index (κ3) is 1.90. The highest BCUT2D eigenvalue weighted by Crippen LogP contribution is 2.41. The summed E-state index contributed by atoms with van der Waals surface area (Å²) in [5.41, 5.74) is 8.34. The standard InChI is InChI=1S/C13H17NO2/c1-8-5-6-11(14)10(7-8)12(13(15)16)9-3-2-4-9/h5-7,9,12H,2-4,14H2,1H3,(H,15,16). The average molecular weight is 219 g/mol. The fourth-order valence-corrected chi connectivity index (χ4v) is 2.33. The van der Waals surface area contributed by atoms with Gasteiger partial charge in [0.25, 0.3) is 0 Å². The fraction of sp³-hybridized carbons (Fsp3) is 0.462. The van der Waals surface area contributed by atoms with Gasteiger partial charge in [-0.25, -0.2) is 0 Å². The number of hydrogen-bond donors (Lipinski definition) is 2. The number of carboxylic acid groups (broad SMARTS) is 1. The van der Waals surface area contributed by atoms with Crippen molar-refractivity contribution in [2.45, 2.75) is 32.1 Å². The minimum Gasteiger partial charge on any atom is -0.481 e. The Morgan fingerprint density at radius 2 is 2.19 bits per heavy atom. The molecule has 3 nitrogen and oxygen atoms in total. The van der Waals surface area contributed by atoms with Gasteiger partial charge in [0, 0.05) is 5.69 Å². The van der Waals surface area contributed by atoms with Crippen molar-refractivity contribution in [3.05, 3.63) is 29.3 Å². The first kappa shape index (κ1) is 11.0. The zero-order valence-electron chi connectivity index (χ0n) is 9.44. The summed E-state index contributed by atoms with van der Waals surface area (Å²) >= 11 is 0. The van der Waals surface area contributed by atoms with Gasteiger partial charge in [0.15, 0.2) is 0 Å². The van der Waals surface area contributed by atoms with Crippen LogP contribution in [0.25, 0.3) is 0 Å². The van der Waals surface area contributed by atoms with Crippen molar-refractivity contribution in [1.29, 1.82) is 0 Å². The van der Waals surface area contributed by atoms with Gasteiger partial charge in [0.2, 0.25) is 0 Å². The Labute approximate surface area is 95.3 Å². The average Bonchev–Trinajstić information content (AvgIpc) is 2.15. The van der Waals surface area contributed by atoms with Crippen molar-refractivity contribution in [3.63, 3.8) is 0 Å². The van der Waals surface area contributed by atoms with Gasteiger partial charge in [-0.2, -0.15) is 0 Å². The second kappa shape index (κ2) is 4.16. The van der Waals surface area contributed by atoms with E-state index in [0.717, 1.165) is 30.4 Å². The maximum absolute atomic E-state index is 11.3. The number of nitrogen functional groups attached to an aromatic ring is 1. The van der Waals surface area contributed by atoms with Crippen LogP contribution in [-0.2, 0) is 4.79 Å². The van der Waals surface area contributed by atoms with E-state index in [1.54, 1.807) is 6.07 Å². The van der Waals surface area contributed by atoms with E-state index < -0.39 is 11.9 Å². The first-order valence-corrected chi connectivity index (χ1v) is 5.68. The van der Waals surface area contributed by atoms with Gasteiger partial charge >= 0.3 is 5.97 Å². The highest BCUT2D eigenvalue weighted by atomic mass is 16.4. The van der Waals surface area contributed by atoms with E-state index in [1.807, 2.05) is 19.1 Å². The Morgan fingerprint density at radius 1 is 1.50 bits per heavy atom. The van der Waals surface area contributed by atoms with E-state index in [4.69, 9.17) is 5.73 Å². The van der Waals surface area contributed by atoms with Crippen LogP contribution in [0.2, 0.25) is 0 Å². The fourth-order valence-electron chi connectivity index (χ4n) is 2.33. The summed E-state index contributed by atoms with van der Waals surface area (Å²) < 4.78 is 0. The summed E-state index contributed by atoms with van der Waals surface area (Å²) in [7, 11) is 0. The van der Waals surface area contributed by atoms with E-state index >= 15 is 0 Å². The third-order valence-electron chi connectivity index (χ3n) is 3.46. The molecule has 86 valence electrons. The molecule has 0 aliphatic heterocycles. The van der Waals surface area contributed by atoms with Crippen molar-refractivity contribution < 1.29 is 9.90 Å². The number of anilines is 1. The van der Waals surface area contributed by atoms with Crippen LogP contribution in [0, 0.1) is 12.8 Å². The molecule has 0 spiro atoms. The Hall–Kier alpha value is -1.51. The van der Waals surface area contributed by atoms with Gasteiger partial charge in [0.1, 0.15) is 0 Å². The number of rotatable bonds is 3. The number of carboxylic acids is 1. The molecule has 0 heterocycles. The zero-order valence-corrected chi connectivity index (χ0v) is 9.44. The maximum atomic E-state index is 11.3. The largest absolute Gasteiger partial charge is 0.481 e. The van der Waals surface area contributed by atoms with Crippen LogP contribution in [-0.4, -0.2) is 11.1 Å². The smallest absolute Gasteiger partial charge is 0.311 e. The van der Waals surface area contributed by atoms with Gasteiger partial charge in [-0.15, -0.1) is 0 Å². The zero-order chi connectivity index (χ0) is 11.7. The number of aryl methyl sites for hydroxylation is 1. The summed E-state index contributed by atoms with van der Waals surface area (Å²) in [6.07, 6.45) is 3.15. The van der Waals surface area contributed by atoms with E-state index in [0.29, 0.717) is 5.69 Å². The van der Waals surface area contributed by atoms with Crippen LogP contribution in [0.15, 0.2) is 18.2 Å². The highest BCUT2D eigenvalue weighted by Gasteiger charge is 2.34. The monoisotopic (exact) mass is 219 g/mol. The lowest BCUT2D eigenvalue weighted by Crippen LogP contribution is -2.27. The van der Waals surface area contributed by atoms with Crippen molar-refractivity contribution in [1.82, 2.24) is 0 Å². The molecule has 1 saturated carbocycles. The van der Waals surface area contributed by atoms with E-state index in [1.165, 1.54) is 0 Å². The number of carbonyl (C=O) groups is 1. The maximum Gasteiger partial charge on any atom is 0.311 e. The van der Waals surface area contributed by atoms with E-state index in [2.05, 4.69) is 0 Å². The number of benzene rings is 1. The Balaban J connectivity index is 2.37. The summed E-state index contributed by atoms with van der Waals surface area (Å²) in [4.78, 5) is 11.3. The molecule has 2 rings (SSSR count). The van der Waals surface area contributed by atoms with Crippen molar-refractivity contribution in [2.75, 3.05) is 5.73 Å². The molecule has 3 heteroatoms. The molecule has 0 aromatic heterocycles. The van der Waals surface area contributed by atoms with Crippen LogP contribution in [0.5, 0.6) is 0 Å². The summed E-state index contributed by atoms with van der Waals surface area (Å²) in [6.45, 7) is 1.96. The topological polar surface area (TPSA) is 63.3 Å². The normalized spacial score (nSPS) is 17.8. The minimum atomic E-state index is -0.748. The van der Waals surface area contributed by atoms with Crippen LogP contribution in [0.1, 0.15) is 36.3 Å². The predicted molar refractivity (Wildman–Crippen MR) is 63.3 cm³/mol. The highest BCUT2D eigenvalue weighted by molar-refractivity contribution is 5.79. The molecule has 0 amide bonds. The molecule has 1 aliphatic carbocycles. The molecule has 1 fully saturated rings. The number of aliphatic carboxylic acids is 1. The lowest BCUT2D eigenvalue weighted by molar-refractivity contribution is -0.141. The first-order chi connectivity index (χ1) is 7.59. The summed E-state index contributed by atoms with van der Waals surface area (Å²) in [6, 6.07) is 5.63. The summed E-state index contributed by atoms with van der Waals surface area (Å²) in [5, 5.41) is 9.32. The summed E-state index contributed by atoms with van der Waals surface area (Å²) in [5.74, 6) is -0.905. The molecule has 0 bridgehead atoms. The minimum absolute atomic E-state index is 0.265. The van der Waals surface area contributed by atoms with Gasteiger partial charge in [-0.3, -0.25) is 4.79 Å². The van der Waals surface area contributed by atoms with Crippen molar-refractivity contribution in [2.24, 2.45) is 5.92 Å². The quantitative estimate of drug-likeness (QED) is 0.768. The molecule has 16 heavy (non-hydrogen) atoms. The molecule has 0 saturated heterocycles. The second-order valence-electron chi connectivity index (χ2n) is 4.64. The van der Waals surface area contributed by atoms with Gasteiger partial charge < -0.3 is 10.8 Å². The van der Waals surface area contributed by atoms with Crippen LogP contribution < -0.4 is 5.73 Å².